The van der Waals surface area contributed by atoms with Gasteiger partial charge in [0.15, 0.2) is 0 Å². The number of carbonyl (C=O) groups excluding carboxylic acids is 12. The second kappa shape index (κ2) is 41.1. The first kappa shape index (κ1) is 83.0. The summed E-state index contributed by atoms with van der Waals surface area (Å²) in [5.41, 5.74) is 12.6. The number of nitrogens with two attached hydrogens (primary N) is 2. The number of aliphatic carboxylic acids is 2. The maximum absolute atomic E-state index is 14.5. The Hall–Kier alpha value is -10.2. The molecule has 99 heavy (non-hydrogen) atoms. The number of para-hydroxylation sites is 1. The predicted octanol–water partition coefficient (Wildman–Crippen LogP) is -2.55. The molecular formula is C62H86N14O21S2. The van der Waals surface area contributed by atoms with Gasteiger partial charge in [-0.1, -0.05) is 87.4 Å². The van der Waals surface area contributed by atoms with E-state index in [4.69, 9.17) is 16.0 Å². The van der Waals surface area contributed by atoms with Crippen molar-refractivity contribution in [2.45, 2.75) is 158 Å². The van der Waals surface area contributed by atoms with Crippen LogP contribution in [-0.4, -0.2) is 195 Å². The minimum Gasteiger partial charge on any atom is -0.481 e. The molecule has 0 saturated carbocycles. The van der Waals surface area contributed by atoms with Crippen molar-refractivity contribution in [1.29, 1.82) is 0 Å². The maximum Gasteiger partial charge on any atom is 0.446 e. The number of aromatic nitrogens is 1. The standard InChI is InChI=1S/C58H73N13O21S2.C4H10.H3N/c1-29(72)49(71-57(87)40(23-31-12-14-33(15-13-31)92-94(89,90)91)68-56(86)43(26-48(78)79)69-52(82)37(16-18-44(59)73)65-51(81)36-17-19-45(74)63-36)58(88)62-28-46(75)64-41(24-32-27-61-35-11-7-6-10-34(32)35)54(84)66-38(20-21-93-2)53(83)70-42(25-47(76)77)55(85)67-39(50(60)80)22-30-8-4-3-5-9-30;1-3-4-2;/h3-15,27,29,36-43,49,61,72H,16-26,28H2,1-2H3,(H2,59,73)(H2,60,80)(H,62,88)(H,63,74)(H,64,75)(H,65,81)(H,66,84)(H,67,85)(H,68,86)(H,69,82)(H,70,83)(H,71,87)(H,76,77)(H,78,79)(H,89,90,91);3-4H2,1-2H3;1H3/t29-,36+,37+,38+,39+,40+,41+,42+,43+,49+;;/m1../s1. The minimum atomic E-state index is -5.02. The Kier molecular flexibility index (Phi) is 34.5. The summed E-state index contributed by atoms with van der Waals surface area (Å²) in [6, 6.07) is 4.78. The lowest BCUT2D eigenvalue weighted by atomic mass is 10.0. The molecule has 0 spiro atoms. The number of hydrogen-bond acceptors (Lipinski definition) is 20. The van der Waals surface area contributed by atoms with Crippen molar-refractivity contribution in [2.75, 3.05) is 18.6 Å². The van der Waals surface area contributed by atoms with E-state index in [1.807, 2.05) is 0 Å². The number of amides is 12. The average Bonchev–Trinajstić information content (AvgIpc) is 1.78. The minimum absolute atomic E-state index is 0. The Morgan fingerprint density at radius 2 is 1.12 bits per heavy atom. The summed E-state index contributed by atoms with van der Waals surface area (Å²) in [5, 5.41) is 54.6. The summed E-state index contributed by atoms with van der Waals surface area (Å²) in [6.45, 7) is 4.43. The van der Waals surface area contributed by atoms with E-state index < -0.39 is 198 Å². The lowest BCUT2D eigenvalue weighted by Gasteiger charge is -2.27. The summed E-state index contributed by atoms with van der Waals surface area (Å²) in [6.07, 6.45) is -0.0782. The number of aliphatic hydroxyl groups is 1. The lowest BCUT2D eigenvalue weighted by Crippen LogP contribution is -2.61. The van der Waals surface area contributed by atoms with E-state index in [1.54, 1.807) is 67.0 Å². The van der Waals surface area contributed by atoms with Crippen molar-refractivity contribution in [3.63, 3.8) is 0 Å². The molecule has 35 nitrogen and oxygen atoms in total. The number of carbonyl (C=O) groups is 14. The van der Waals surface area contributed by atoms with E-state index in [-0.39, 0.29) is 49.6 Å². The van der Waals surface area contributed by atoms with Crippen LogP contribution in [-0.2, 0) is 96.8 Å². The maximum atomic E-state index is 14.5. The number of hydrogen-bond donors (Lipinski definition) is 18. The normalized spacial score (nSPS) is 15.1. The molecule has 0 aliphatic carbocycles. The highest BCUT2D eigenvalue weighted by molar-refractivity contribution is 7.98. The van der Waals surface area contributed by atoms with Crippen LogP contribution in [0.25, 0.3) is 10.9 Å². The van der Waals surface area contributed by atoms with Gasteiger partial charge in [-0.2, -0.15) is 20.2 Å². The first-order valence-electron chi connectivity index (χ1n) is 30.8. The highest BCUT2D eigenvalue weighted by Crippen LogP contribution is 2.21. The fraction of sp³-hybridized carbons (Fsp3) is 0.452. The molecule has 0 unspecified atom stereocenters. The molecule has 1 aliphatic heterocycles. The number of fused-ring (bicyclic) bond motifs is 1. The number of nitrogens with one attached hydrogen (secondary N) is 11. The van der Waals surface area contributed by atoms with Crippen LogP contribution < -0.4 is 75.0 Å². The molecule has 5 rings (SSSR count). The third kappa shape index (κ3) is 29.2. The summed E-state index contributed by atoms with van der Waals surface area (Å²) in [4.78, 5) is 188. The van der Waals surface area contributed by atoms with Gasteiger partial charge in [-0.25, -0.2) is 0 Å². The molecule has 22 N–H and O–H groups in total. The van der Waals surface area contributed by atoms with Gasteiger partial charge in [0.05, 0.1) is 25.5 Å². The second-order valence-electron chi connectivity index (χ2n) is 22.6. The lowest BCUT2D eigenvalue weighted by molar-refractivity contribution is -0.142. The molecule has 2 heterocycles. The zero-order valence-corrected chi connectivity index (χ0v) is 56.3. The van der Waals surface area contributed by atoms with Crippen LogP contribution >= 0.6 is 11.8 Å². The number of H-pyrrole nitrogens is 1. The number of unbranched alkanes of at least 4 members (excludes halogenated alkanes) is 1. The molecule has 1 aromatic heterocycles. The molecule has 10 atom stereocenters. The predicted molar refractivity (Wildman–Crippen MR) is 357 cm³/mol. The van der Waals surface area contributed by atoms with E-state index >= 15 is 0 Å². The van der Waals surface area contributed by atoms with Crippen molar-refractivity contribution >= 4 is 116 Å². The van der Waals surface area contributed by atoms with Gasteiger partial charge in [0, 0.05) is 49.2 Å². The number of thioether (sulfide) groups is 1. The molecule has 542 valence electrons. The van der Waals surface area contributed by atoms with Crippen molar-refractivity contribution in [3.8, 4) is 5.75 Å². The van der Waals surface area contributed by atoms with E-state index in [0.717, 1.165) is 19.1 Å². The number of benzene rings is 3. The zero-order chi connectivity index (χ0) is 72.8. The van der Waals surface area contributed by atoms with Gasteiger partial charge in [0.1, 0.15) is 60.1 Å². The van der Waals surface area contributed by atoms with Crippen LogP contribution in [0.4, 0.5) is 0 Å². The van der Waals surface area contributed by atoms with Crippen LogP contribution in [0, 0.1) is 0 Å². The zero-order valence-electron chi connectivity index (χ0n) is 54.7. The summed E-state index contributed by atoms with van der Waals surface area (Å²) < 4.78 is 36.4. The van der Waals surface area contributed by atoms with Gasteiger partial charge < -0.3 is 95.3 Å². The largest absolute Gasteiger partial charge is 0.481 e. The highest BCUT2D eigenvalue weighted by atomic mass is 32.3. The third-order valence-electron chi connectivity index (χ3n) is 14.8. The molecule has 1 aliphatic rings. The van der Waals surface area contributed by atoms with Gasteiger partial charge in [-0.05, 0) is 73.1 Å². The molecule has 1 fully saturated rings. The Labute approximate surface area is 573 Å². The van der Waals surface area contributed by atoms with Crippen LogP contribution in [0.3, 0.4) is 0 Å². The summed E-state index contributed by atoms with van der Waals surface area (Å²) in [5.74, 6) is -15.9. The SMILES string of the molecule is CCCC.CSCC[C@H](NC(=O)[C@H](Cc1c[nH]c2ccccc12)NC(=O)CNC(=O)[C@@H](NC(=O)[C@H](Cc1ccc(OS(=O)(=O)O)cc1)NC(=O)[C@H](CC(=O)O)NC(=O)[C@H](CCC(N)=O)NC(=O)[C@@H]1CCC(=O)N1)[C@@H](C)O)C(=O)N[C@@H](CC(=O)O)C(=O)N[C@@H](Cc1ccccc1)C(N)=O.N. The quantitative estimate of drug-likeness (QED) is 0.0205. The molecule has 0 radical (unpaired) electrons. The molecule has 3 aromatic carbocycles. The Balaban J connectivity index is 0.00000496. The Morgan fingerprint density at radius 1 is 0.626 bits per heavy atom. The average molecular weight is 1430 g/mol. The van der Waals surface area contributed by atoms with Crippen molar-refractivity contribution in [2.24, 2.45) is 11.5 Å². The van der Waals surface area contributed by atoms with E-state index in [9.17, 15) is 90.9 Å². The molecule has 12 amide bonds. The van der Waals surface area contributed by atoms with Gasteiger partial charge in [0.2, 0.25) is 70.9 Å². The van der Waals surface area contributed by atoms with Crippen LogP contribution in [0.5, 0.6) is 5.75 Å². The monoisotopic (exact) mass is 1430 g/mol. The van der Waals surface area contributed by atoms with Gasteiger partial charge in [0.25, 0.3) is 0 Å². The first-order chi connectivity index (χ1) is 46.3. The van der Waals surface area contributed by atoms with E-state index in [1.165, 1.54) is 36.7 Å². The van der Waals surface area contributed by atoms with Crippen molar-refractivity contribution in [3.05, 3.63) is 102 Å². The number of aliphatic hydroxyl groups excluding tert-OH is 1. The smallest absolute Gasteiger partial charge is 0.446 e. The van der Waals surface area contributed by atoms with Crippen LogP contribution in [0.2, 0.25) is 0 Å². The van der Waals surface area contributed by atoms with Crippen LogP contribution in [0.1, 0.15) is 95.2 Å². The Bertz CT molecular complexity index is 3600. The molecular weight excluding hydrogens is 1340 g/mol. The topological polar surface area (TPSA) is 586 Å². The van der Waals surface area contributed by atoms with Crippen LogP contribution in [0.15, 0.2) is 85.1 Å². The number of carboxylic acids is 2. The molecule has 1 saturated heterocycles. The second-order valence-corrected chi connectivity index (χ2v) is 24.6. The number of primary amides is 2. The highest BCUT2D eigenvalue weighted by Gasteiger charge is 2.37. The Morgan fingerprint density at radius 3 is 1.65 bits per heavy atom. The molecule has 0 bridgehead atoms. The number of aromatic amines is 1. The number of rotatable bonds is 39. The first-order valence-corrected chi connectivity index (χ1v) is 33.6. The van der Waals surface area contributed by atoms with Crippen molar-refractivity contribution < 1.29 is 99.6 Å². The van der Waals surface area contributed by atoms with Gasteiger partial charge >= 0.3 is 22.3 Å². The summed E-state index contributed by atoms with van der Waals surface area (Å²) >= 11 is 1.26. The van der Waals surface area contributed by atoms with Crippen molar-refractivity contribution in [1.82, 2.24) is 64.3 Å². The van der Waals surface area contributed by atoms with E-state index in [2.05, 4.69) is 76.2 Å². The summed E-state index contributed by atoms with van der Waals surface area (Å²) in [7, 11) is -5.02. The van der Waals surface area contributed by atoms with E-state index in [0.29, 0.717) is 22.0 Å². The fourth-order valence-electron chi connectivity index (χ4n) is 9.50. The molecule has 37 heteroatoms. The molecule has 4 aromatic rings. The van der Waals surface area contributed by atoms with Gasteiger partial charge in [-0.15, -0.1) is 0 Å². The van der Waals surface area contributed by atoms with Gasteiger partial charge in [-0.3, -0.25) is 71.7 Å². The fourth-order valence-corrected chi connectivity index (χ4v) is 10.3. The number of carboxylic acid groups (broad SMARTS) is 2. The third-order valence-corrected chi connectivity index (χ3v) is 15.8.